The first-order valence-electron chi connectivity index (χ1n) is 7.16. The fourth-order valence-electron chi connectivity index (χ4n) is 2.64. The third-order valence-electron chi connectivity index (χ3n) is 3.94. The van der Waals surface area contributed by atoms with E-state index in [1.54, 1.807) is 12.0 Å². The lowest BCUT2D eigenvalue weighted by atomic mass is 9.97. The van der Waals surface area contributed by atoms with Gasteiger partial charge >= 0.3 is 0 Å². The summed E-state index contributed by atoms with van der Waals surface area (Å²) in [6, 6.07) is 7.67. The van der Waals surface area contributed by atoms with Gasteiger partial charge in [-0.1, -0.05) is 17.7 Å². The van der Waals surface area contributed by atoms with Crippen molar-refractivity contribution in [2.24, 2.45) is 0 Å². The molecular weight excluding hydrogens is 268 g/mol. The first kappa shape index (κ1) is 15.5. The topological polar surface area (TPSA) is 58.6 Å². The SMILES string of the molecule is COCCNC(=O)[C@@]1(C)CCC(=O)N1c1ccc(C)cc1. The second-order valence-electron chi connectivity index (χ2n) is 5.59. The van der Waals surface area contributed by atoms with E-state index in [0.717, 1.165) is 11.3 Å². The van der Waals surface area contributed by atoms with E-state index < -0.39 is 5.54 Å². The molecule has 1 heterocycles. The summed E-state index contributed by atoms with van der Waals surface area (Å²) in [6.45, 7) is 4.72. The number of rotatable bonds is 5. The van der Waals surface area contributed by atoms with Crippen LogP contribution in [0.5, 0.6) is 0 Å². The van der Waals surface area contributed by atoms with E-state index in [2.05, 4.69) is 5.32 Å². The fraction of sp³-hybridized carbons (Fsp3) is 0.500. The molecule has 1 aliphatic heterocycles. The Hall–Kier alpha value is -1.88. The number of aryl methyl sites for hydroxylation is 1. The number of carbonyl (C=O) groups is 2. The van der Waals surface area contributed by atoms with E-state index in [4.69, 9.17) is 4.74 Å². The lowest BCUT2D eigenvalue weighted by Gasteiger charge is -2.34. The monoisotopic (exact) mass is 290 g/mol. The Morgan fingerprint density at radius 1 is 1.38 bits per heavy atom. The highest BCUT2D eigenvalue weighted by Crippen LogP contribution is 2.35. The summed E-state index contributed by atoms with van der Waals surface area (Å²) in [5.41, 5.74) is 1.06. The van der Waals surface area contributed by atoms with Gasteiger partial charge in [-0.05, 0) is 32.4 Å². The van der Waals surface area contributed by atoms with Crippen molar-refractivity contribution in [1.82, 2.24) is 5.32 Å². The predicted molar refractivity (Wildman–Crippen MR) is 81.2 cm³/mol. The van der Waals surface area contributed by atoms with Gasteiger partial charge < -0.3 is 10.1 Å². The Morgan fingerprint density at radius 3 is 2.67 bits per heavy atom. The van der Waals surface area contributed by atoms with Crippen molar-refractivity contribution in [3.8, 4) is 0 Å². The normalized spacial score (nSPS) is 21.7. The Bertz CT molecular complexity index is 527. The maximum Gasteiger partial charge on any atom is 0.246 e. The summed E-state index contributed by atoms with van der Waals surface area (Å²) >= 11 is 0. The van der Waals surface area contributed by atoms with Gasteiger partial charge in [0.05, 0.1) is 6.61 Å². The number of nitrogens with zero attached hydrogens (tertiary/aromatic N) is 1. The highest BCUT2D eigenvalue weighted by Gasteiger charge is 2.47. The molecule has 1 saturated heterocycles. The summed E-state index contributed by atoms with van der Waals surface area (Å²) in [4.78, 5) is 26.3. The van der Waals surface area contributed by atoms with Crippen molar-refractivity contribution in [2.75, 3.05) is 25.2 Å². The van der Waals surface area contributed by atoms with Gasteiger partial charge in [-0.25, -0.2) is 0 Å². The van der Waals surface area contributed by atoms with Gasteiger partial charge in [0.1, 0.15) is 5.54 Å². The average molecular weight is 290 g/mol. The Morgan fingerprint density at radius 2 is 2.05 bits per heavy atom. The molecule has 1 aromatic carbocycles. The third-order valence-corrected chi connectivity index (χ3v) is 3.94. The molecule has 1 aromatic rings. The van der Waals surface area contributed by atoms with Gasteiger partial charge in [0, 0.05) is 25.8 Å². The van der Waals surface area contributed by atoms with Crippen LogP contribution >= 0.6 is 0 Å². The van der Waals surface area contributed by atoms with Crippen LogP contribution in [0.1, 0.15) is 25.3 Å². The van der Waals surface area contributed by atoms with Crippen LogP contribution in [0.4, 0.5) is 5.69 Å². The maximum atomic E-state index is 12.5. The van der Waals surface area contributed by atoms with Crippen molar-refractivity contribution in [2.45, 2.75) is 32.2 Å². The molecule has 0 aromatic heterocycles. The van der Waals surface area contributed by atoms with Crippen LogP contribution in [0, 0.1) is 6.92 Å². The van der Waals surface area contributed by atoms with Gasteiger partial charge in [0.15, 0.2) is 0 Å². The number of hydrogen-bond acceptors (Lipinski definition) is 3. The number of anilines is 1. The second kappa shape index (κ2) is 6.26. The lowest BCUT2D eigenvalue weighted by molar-refractivity contribution is -0.127. The van der Waals surface area contributed by atoms with Gasteiger partial charge in [-0.3, -0.25) is 14.5 Å². The zero-order valence-corrected chi connectivity index (χ0v) is 12.8. The molecule has 1 N–H and O–H groups in total. The summed E-state index contributed by atoms with van der Waals surface area (Å²) < 4.78 is 4.94. The summed E-state index contributed by atoms with van der Waals surface area (Å²) in [6.07, 6.45) is 0.917. The Labute approximate surface area is 125 Å². The van der Waals surface area contributed by atoms with E-state index in [0.29, 0.717) is 26.0 Å². The zero-order chi connectivity index (χ0) is 15.5. The molecule has 1 atom stereocenters. The number of nitrogens with one attached hydrogen (secondary N) is 1. The molecule has 5 heteroatoms. The van der Waals surface area contributed by atoms with Gasteiger partial charge in [0.25, 0.3) is 0 Å². The standard InChI is InChI=1S/C16H22N2O3/c1-12-4-6-13(7-5-12)18-14(19)8-9-16(18,2)15(20)17-10-11-21-3/h4-7H,8-11H2,1-3H3,(H,17,20)/t16-/m1/s1. The predicted octanol–water partition coefficient (Wildman–Crippen LogP) is 1.64. The minimum absolute atomic E-state index is 0.0109. The summed E-state index contributed by atoms with van der Waals surface area (Å²) in [5.74, 6) is -0.144. The molecular formula is C16H22N2O3. The first-order valence-corrected chi connectivity index (χ1v) is 7.16. The number of hydrogen-bond donors (Lipinski definition) is 1. The average Bonchev–Trinajstić information content (AvgIpc) is 2.77. The second-order valence-corrected chi connectivity index (χ2v) is 5.59. The lowest BCUT2D eigenvalue weighted by Crippen LogP contribution is -2.55. The Kier molecular flexibility index (Phi) is 4.63. The molecule has 5 nitrogen and oxygen atoms in total. The molecule has 0 unspecified atom stereocenters. The summed E-state index contributed by atoms with van der Waals surface area (Å²) in [7, 11) is 1.59. The van der Waals surface area contributed by atoms with Crippen LogP contribution in [-0.2, 0) is 14.3 Å². The smallest absolute Gasteiger partial charge is 0.246 e. The van der Waals surface area contributed by atoms with E-state index in [1.165, 1.54) is 0 Å². The molecule has 1 aliphatic rings. The van der Waals surface area contributed by atoms with Crippen LogP contribution < -0.4 is 10.2 Å². The van der Waals surface area contributed by atoms with Crippen LogP contribution in [0.25, 0.3) is 0 Å². The summed E-state index contributed by atoms with van der Waals surface area (Å²) in [5, 5.41) is 2.84. The fourth-order valence-corrected chi connectivity index (χ4v) is 2.64. The van der Waals surface area contributed by atoms with E-state index in [-0.39, 0.29) is 11.8 Å². The Balaban J connectivity index is 2.22. The van der Waals surface area contributed by atoms with Crippen molar-refractivity contribution in [1.29, 1.82) is 0 Å². The molecule has 0 aliphatic carbocycles. The van der Waals surface area contributed by atoms with Crippen LogP contribution in [0.3, 0.4) is 0 Å². The number of benzene rings is 1. The molecule has 21 heavy (non-hydrogen) atoms. The van der Waals surface area contributed by atoms with Crippen molar-refractivity contribution < 1.29 is 14.3 Å². The molecule has 0 saturated carbocycles. The van der Waals surface area contributed by atoms with Crippen LogP contribution in [-0.4, -0.2) is 37.6 Å². The minimum atomic E-state index is -0.833. The number of amides is 2. The highest BCUT2D eigenvalue weighted by atomic mass is 16.5. The van der Waals surface area contributed by atoms with E-state index >= 15 is 0 Å². The number of methoxy groups -OCH3 is 1. The molecule has 1 fully saturated rings. The van der Waals surface area contributed by atoms with Crippen LogP contribution in [0.2, 0.25) is 0 Å². The number of ether oxygens (including phenoxy) is 1. The largest absolute Gasteiger partial charge is 0.383 e. The molecule has 0 radical (unpaired) electrons. The third kappa shape index (κ3) is 3.08. The maximum absolute atomic E-state index is 12.5. The molecule has 114 valence electrons. The molecule has 0 bridgehead atoms. The first-order chi connectivity index (χ1) is 9.99. The quantitative estimate of drug-likeness (QED) is 0.839. The molecule has 2 rings (SSSR count). The van der Waals surface area contributed by atoms with Gasteiger partial charge in [-0.2, -0.15) is 0 Å². The molecule has 2 amide bonds. The van der Waals surface area contributed by atoms with Crippen molar-refractivity contribution in [3.63, 3.8) is 0 Å². The van der Waals surface area contributed by atoms with Gasteiger partial charge in [0.2, 0.25) is 11.8 Å². The van der Waals surface area contributed by atoms with E-state index in [9.17, 15) is 9.59 Å². The van der Waals surface area contributed by atoms with Crippen molar-refractivity contribution >= 4 is 17.5 Å². The molecule has 0 spiro atoms. The highest BCUT2D eigenvalue weighted by molar-refractivity contribution is 6.06. The van der Waals surface area contributed by atoms with Gasteiger partial charge in [-0.15, -0.1) is 0 Å². The van der Waals surface area contributed by atoms with Crippen LogP contribution in [0.15, 0.2) is 24.3 Å². The number of carbonyl (C=O) groups excluding carboxylic acids is 2. The zero-order valence-electron chi connectivity index (χ0n) is 12.8. The van der Waals surface area contributed by atoms with Crippen molar-refractivity contribution in [3.05, 3.63) is 29.8 Å². The van der Waals surface area contributed by atoms with E-state index in [1.807, 2.05) is 38.1 Å². The minimum Gasteiger partial charge on any atom is -0.383 e.